The molecule has 0 aliphatic rings. The molecule has 1 aromatic heterocycles. The molecule has 0 radical (unpaired) electrons. The fraction of sp³-hybridized carbons (Fsp3) is 0. The zero-order chi connectivity index (χ0) is 8.27. The number of aliphatic imine (C=N–C) groups is 1. The largest absolute Gasteiger partial charge is 0.504 e. The number of hydrogen-bond donors (Lipinski definition) is 3. The van der Waals surface area contributed by atoms with Gasteiger partial charge in [-0.15, -0.1) is 0 Å². The Morgan fingerprint density at radius 2 is 2.27 bits per heavy atom. The van der Waals surface area contributed by atoms with E-state index in [-0.39, 0.29) is 17.5 Å². The van der Waals surface area contributed by atoms with E-state index in [2.05, 4.69) is 9.98 Å². The summed E-state index contributed by atoms with van der Waals surface area (Å²) in [6, 6.07) is 3.04. The van der Waals surface area contributed by atoms with Crippen LogP contribution in [0.4, 0.5) is 5.82 Å². The maximum absolute atomic E-state index is 9.08. The van der Waals surface area contributed by atoms with E-state index in [1.807, 2.05) is 0 Å². The van der Waals surface area contributed by atoms with E-state index in [9.17, 15) is 0 Å². The van der Waals surface area contributed by atoms with Gasteiger partial charge in [-0.1, -0.05) is 0 Å². The average molecular weight is 152 g/mol. The minimum Gasteiger partial charge on any atom is -0.504 e. The zero-order valence-corrected chi connectivity index (χ0v) is 5.73. The fourth-order valence-electron chi connectivity index (χ4n) is 0.597. The predicted octanol–water partition coefficient (Wildman–Crippen LogP) is -0.308. The van der Waals surface area contributed by atoms with E-state index in [4.69, 9.17) is 16.6 Å². The molecule has 0 spiro atoms. The molecular formula is C6H8N4O. The van der Waals surface area contributed by atoms with Gasteiger partial charge in [0.2, 0.25) is 0 Å². The standard InChI is InChI=1S/C6H8N4O/c7-6(8)10-5-4(11)2-1-3-9-5/h1-3,11H,(H4,7,8,9,10). The summed E-state index contributed by atoms with van der Waals surface area (Å²) in [5.74, 6) is -0.0348. The van der Waals surface area contributed by atoms with Crippen molar-refractivity contribution in [2.24, 2.45) is 16.5 Å². The van der Waals surface area contributed by atoms with Gasteiger partial charge in [0.25, 0.3) is 0 Å². The van der Waals surface area contributed by atoms with Crippen LogP contribution in [0.2, 0.25) is 0 Å². The van der Waals surface area contributed by atoms with Crippen LogP contribution in [0.1, 0.15) is 0 Å². The number of nitrogens with zero attached hydrogens (tertiary/aromatic N) is 2. The van der Waals surface area contributed by atoms with Gasteiger partial charge >= 0.3 is 0 Å². The second kappa shape index (κ2) is 2.87. The van der Waals surface area contributed by atoms with Gasteiger partial charge in [0.1, 0.15) is 0 Å². The van der Waals surface area contributed by atoms with Crippen molar-refractivity contribution >= 4 is 11.8 Å². The molecule has 11 heavy (non-hydrogen) atoms. The quantitative estimate of drug-likeness (QED) is 0.380. The number of hydrogen-bond acceptors (Lipinski definition) is 3. The maximum Gasteiger partial charge on any atom is 0.197 e. The third kappa shape index (κ3) is 1.82. The Morgan fingerprint density at radius 3 is 2.82 bits per heavy atom. The molecule has 0 fully saturated rings. The Kier molecular flexibility index (Phi) is 1.91. The highest BCUT2D eigenvalue weighted by Gasteiger charge is 1.97. The van der Waals surface area contributed by atoms with Gasteiger partial charge in [-0.2, -0.15) is 4.99 Å². The Labute approximate surface area is 63.4 Å². The van der Waals surface area contributed by atoms with Gasteiger partial charge in [-0.05, 0) is 12.1 Å². The van der Waals surface area contributed by atoms with Gasteiger partial charge < -0.3 is 16.6 Å². The third-order valence-corrected chi connectivity index (χ3v) is 1.00. The minimum atomic E-state index is -0.126. The van der Waals surface area contributed by atoms with Gasteiger partial charge in [0, 0.05) is 6.20 Å². The summed E-state index contributed by atoms with van der Waals surface area (Å²) < 4.78 is 0. The predicted molar refractivity (Wildman–Crippen MR) is 41.4 cm³/mol. The van der Waals surface area contributed by atoms with Crippen molar-refractivity contribution < 1.29 is 5.11 Å². The summed E-state index contributed by atoms with van der Waals surface area (Å²) in [6.45, 7) is 0. The van der Waals surface area contributed by atoms with Gasteiger partial charge in [-0.3, -0.25) is 0 Å². The third-order valence-electron chi connectivity index (χ3n) is 1.00. The Bertz CT molecular complexity index is 280. The normalized spacial score (nSPS) is 9.09. The van der Waals surface area contributed by atoms with Crippen LogP contribution in [0.15, 0.2) is 23.3 Å². The van der Waals surface area contributed by atoms with Gasteiger partial charge in [0.15, 0.2) is 17.5 Å². The summed E-state index contributed by atoms with van der Waals surface area (Å²) in [7, 11) is 0. The zero-order valence-electron chi connectivity index (χ0n) is 5.73. The van der Waals surface area contributed by atoms with E-state index in [0.29, 0.717) is 0 Å². The first-order valence-corrected chi connectivity index (χ1v) is 2.94. The Balaban J connectivity index is 3.04. The van der Waals surface area contributed by atoms with E-state index in [1.165, 1.54) is 12.3 Å². The van der Waals surface area contributed by atoms with Gasteiger partial charge in [0.05, 0.1) is 0 Å². The summed E-state index contributed by atoms with van der Waals surface area (Å²) in [5.41, 5.74) is 10.1. The first-order valence-electron chi connectivity index (χ1n) is 2.94. The molecule has 5 heteroatoms. The van der Waals surface area contributed by atoms with Crippen LogP contribution in [0, 0.1) is 0 Å². The molecule has 0 saturated carbocycles. The van der Waals surface area contributed by atoms with Crippen molar-refractivity contribution in [2.45, 2.75) is 0 Å². The second-order valence-corrected chi connectivity index (χ2v) is 1.88. The Morgan fingerprint density at radius 1 is 1.55 bits per heavy atom. The smallest absolute Gasteiger partial charge is 0.197 e. The molecule has 0 aliphatic heterocycles. The van der Waals surface area contributed by atoms with Crippen molar-refractivity contribution in [3.8, 4) is 5.75 Å². The highest BCUT2D eigenvalue weighted by Crippen LogP contribution is 2.20. The van der Waals surface area contributed by atoms with E-state index < -0.39 is 0 Å². The van der Waals surface area contributed by atoms with Crippen molar-refractivity contribution in [1.82, 2.24) is 4.98 Å². The highest BCUT2D eigenvalue weighted by atomic mass is 16.3. The SMILES string of the molecule is NC(N)=Nc1ncccc1O. The molecule has 1 heterocycles. The molecule has 0 aromatic carbocycles. The second-order valence-electron chi connectivity index (χ2n) is 1.88. The number of nitrogens with two attached hydrogens (primary N) is 2. The van der Waals surface area contributed by atoms with Crippen LogP contribution >= 0.6 is 0 Å². The van der Waals surface area contributed by atoms with E-state index in [1.54, 1.807) is 6.07 Å². The lowest BCUT2D eigenvalue weighted by atomic mass is 10.4. The number of aromatic hydroxyl groups is 1. The molecule has 0 amide bonds. The first kappa shape index (κ1) is 7.33. The molecule has 0 bridgehead atoms. The monoisotopic (exact) mass is 152 g/mol. The fourth-order valence-corrected chi connectivity index (χ4v) is 0.597. The topological polar surface area (TPSA) is 97.5 Å². The molecule has 1 aromatic rings. The molecular weight excluding hydrogens is 144 g/mol. The lowest BCUT2D eigenvalue weighted by Crippen LogP contribution is -2.22. The Hall–Kier alpha value is -1.78. The lowest BCUT2D eigenvalue weighted by molar-refractivity contribution is 0.474. The van der Waals surface area contributed by atoms with Crippen molar-refractivity contribution in [3.63, 3.8) is 0 Å². The average Bonchev–Trinajstić information content (AvgIpc) is 1.93. The number of rotatable bonds is 1. The molecule has 0 atom stereocenters. The van der Waals surface area contributed by atoms with Crippen molar-refractivity contribution in [1.29, 1.82) is 0 Å². The van der Waals surface area contributed by atoms with Crippen LogP contribution in [-0.4, -0.2) is 16.1 Å². The summed E-state index contributed by atoms with van der Waals surface area (Å²) in [6.07, 6.45) is 1.49. The molecule has 58 valence electrons. The molecule has 0 aliphatic carbocycles. The van der Waals surface area contributed by atoms with Gasteiger partial charge in [-0.25, -0.2) is 4.98 Å². The number of guanidine groups is 1. The number of pyridine rings is 1. The molecule has 0 unspecified atom stereocenters. The minimum absolute atomic E-state index is 0.0408. The summed E-state index contributed by atoms with van der Waals surface area (Å²) in [4.78, 5) is 7.29. The number of aromatic nitrogens is 1. The van der Waals surface area contributed by atoms with Crippen molar-refractivity contribution in [2.75, 3.05) is 0 Å². The van der Waals surface area contributed by atoms with Crippen LogP contribution in [0.3, 0.4) is 0 Å². The highest BCUT2D eigenvalue weighted by molar-refractivity contribution is 5.79. The lowest BCUT2D eigenvalue weighted by Gasteiger charge is -1.95. The van der Waals surface area contributed by atoms with Crippen LogP contribution in [-0.2, 0) is 0 Å². The summed E-state index contributed by atoms with van der Waals surface area (Å²) in [5, 5.41) is 9.08. The molecule has 5 N–H and O–H groups in total. The first-order chi connectivity index (χ1) is 5.20. The van der Waals surface area contributed by atoms with Crippen molar-refractivity contribution in [3.05, 3.63) is 18.3 Å². The molecule has 5 nitrogen and oxygen atoms in total. The molecule has 0 saturated heterocycles. The van der Waals surface area contributed by atoms with Crippen LogP contribution in [0.25, 0.3) is 0 Å². The van der Waals surface area contributed by atoms with Crippen LogP contribution in [0.5, 0.6) is 5.75 Å². The van der Waals surface area contributed by atoms with E-state index in [0.717, 1.165) is 0 Å². The molecule has 1 rings (SSSR count). The van der Waals surface area contributed by atoms with E-state index >= 15 is 0 Å². The summed E-state index contributed by atoms with van der Waals surface area (Å²) >= 11 is 0. The van der Waals surface area contributed by atoms with Crippen LogP contribution < -0.4 is 11.5 Å². The maximum atomic E-state index is 9.08.